The van der Waals surface area contributed by atoms with Crippen LogP contribution in [0.4, 0.5) is 0 Å². The quantitative estimate of drug-likeness (QED) is 0.662. The van der Waals surface area contributed by atoms with Crippen molar-refractivity contribution in [1.82, 2.24) is 5.32 Å². The van der Waals surface area contributed by atoms with Gasteiger partial charge in [-0.3, -0.25) is 0 Å². The zero-order valence-corrected chi connectivity index (χ0v) is 12.4. The van der Waals surface area contributed by atoms with E-state index in [1.54, 1.807) is 6.92 Å². The number of Topliss-reactive ketones (excluding diaryl/α,β-unsaturated/α-hetero) is 1. The first-order valence-electron chi connectivity index (χ1n) is 6.70. The molecule has 5 heteroatoms. The maximum atomic E-state index is 10.8. The minimum atomic E-state index is 0.297. The highest BCUT2D eigenvalue weighted by atomic mass is 32.2. The lowest BCUT2D eigenvalue weighted by molar-refractivity contribution is -0.117. The molecular formula is C13H25N3OS. The van der Waals surface area contributed by atoms with Crippen molar-refractivity contribution in [3.63, 3.8) is 0 Å². The first-order valence-corrected chi connectivity index (χ1v) is 7.74. The van der Waals surface area contributed by atoms with Crippen LogP contribution in [-0.2, 0) is 4.79 Å². The molecule has 1 rings (SSSR count). The van der Waals surface area contributed by atoms with E-state index in [-0.39, 0.29) is 0 Å². The van der Waals surface area contributed by atoms with Crippen LogP contribution in [0, 0.1) is 0 Å². The fourth-order valence-corrected chi connectivity index (χ4v) is 3.21. The molecule has 0 aromatic rings. The predicted octanol–water partition coefficient (Wildman–Crippen LogP) is 1.93. The van der Waals surface area contributed by atoms with Crippen LogP contribution in [0.5, 0.6) is 0 Å². The largest absolute Gasteiger partial charge is 0.370 e. The summed E-state index contributed by atoms with van der Waals surface area (Å²) < 4.78 is 0. The van der Waals surface area contributed by atoms with Crippen LogP contribution in [0.15, 0.2) is 4.99 Å². The Kier molecular flexibility index (Phi) is 6.54. The van der Waals surface area contributed by atoms with Crippen molar-refractivity contribution in [2.75, 3.05) is 5.75 Å². The molecule has 4 nitrogen and oxygen atoms in total. The van der Waals surface area contributed by atoms with Crippen LogP contribution >= 0.6 is 11.8 Å². The van der Waals surface area contributed by atoms with Gasteiger partial charge < -0.3 is 15.8 Å². The Morgan fingerprint density at radius 2 is 2.28 bits per heavy atom. The summed E-state index contributed by atoms with van der Waals surface area (Å²) in [6.45, 7) is 6.03. The molecule has 3 N–H and O–H groups in total. The molecule has 0 aromatic carbocycles. The summed E-state index contributed by atoms with van der Waals surface area (Å²) >= 11 is 1.95. The molecule has 0 amide bonds. The number of nitrogens with two attached hydrogens (primary N) is 1. The van der Waals surface area contributed by atoms with E-state index in [9.17, 15) is 4.79 Å². The number of ketones is 1. The third-order valence-corrected chi connectivity index (χ3v) is 4.54. The van der Waals surface area contributed by atoms with Gasteiger partial charge in [-0.15, -0.1) is 0 Å². The Morgan fingerprint density at radius 3 is 2.83 bits per heavy atom. The van der Waals surface area contributed by atoms with Gasteiger partial charge in [0.15, 0.2) is 5.96 Å². The molecule has 3 unspecified atom stereocenters. The van der Waals surface area contributed by atoms with Crippen molar-refractivity contribution in [3.8, 4) is 0 Å². The standard InChI is InChI=1S/C13H25N3OS/c1-9(17)6-4-5-7-10(2)18-8-12-11(3)15-13(14)16-12/h10-12H,4-8H2,1-3H3,(H3,14,15,16). The smallest absolute Gasteiger partial charge is 0.189 e. The third kappa shape index (κ3) is 5.76. The van der Waals surface area contributed by atoms with Gasteiger partial charge >= 0.3 is 0 Å². The summed E-state index contributed by atoms with van der Waals surface area (Å²) in [5.41, 5.74) is 5.65. The van der Waals surface area contributed by atoms with Crippen LogP contribution in [0.3, 0.4) is 0 Å². The van der Waals surface area contributed by atoms with E-state index in [0.29, 0.717) is 29.1 Å². The lowest BCUT2D eigenvalue weighted by Crippen LogP contribution is -2.36. The molecule has 1 heterocycles. The number of carbonyl (C=O) groups is 1. The number of rotatable bonds is 8. The second-order valence-corrected chi connectivity index (χ2v) is 6.58. The Bertz CT molecular complexity index is 307. The average molecular weight is 271 g/mol. The number of guanidine groups is 1. The Morgan fingerprint density at radius 1 is 1.56 bits per heavy atom. The zero-order chi connectivity index (χ0) is 13.5. The number of carbonyl (C=O) groups excluding carboxylic acids is 1. The minimum Gasteiger partial charge on any atom is -0.370 e. The monoisotopic (exact) mass is 271 g/mol. The zero-order valence-electron chi connectivity index (χ0n) is 11.6. The van der Waals surface area contributed by atoms with Crippen LogP contribution < -0.4 is 11.1 Å². The molecule has 0 spiro atoms. The number of hydrogen-bond donors (Lipinski definition) is 2. The SMILES string of the molecule is CC(=O)CCCCC(C)SCC1N=C(N)NC1C. The van der Waals surface area contributed by atoms with Crippen LogP contribution in [0.25, 0.3) is 0 Å². The van der Waals surface area contributed by atoms with Gasteiger partial charge in [0.05, 0.1) is 6.04 Å². The van der Waals surface area contributed by atoms with Gasteiger partial charge in [0.25, 0.3) is 0 Å². The maximum absolute atomic E-state index is 10.8. The van der Waals surface area contributed by atoms with Crippen molar-refractivity contribution in [1.29, 1.82) is 0 Å². The molecule has 18 heavy (non-hydrogen) atoms. The number of nitrogens with one attached hydrogen (secondary N) is 1. The van der Waals surface area contributed by atoms with Gasteiger partial charge in [-0.2, -0.15) is 11.8 Å². The summed E-state index contributed by atoms with van der Waals surface area (Å²) in [6.07, 6.45) is 4.05. The van der Waals surface area contributed by atoms with Crippen molar-refractivity contribution in [2.45, 2.75) is 63.8 Å². The van der Waals surface area contributed by atoms with Gasteiger partial charge in [0, 0.05) is 23.5 Å². The predicted molar refractivity (Wildman–Crippen MR) is 79.1 cm³/mol. The summed E-state index contributed by atoms with van der Waals surface area (Å²) in [5.74, 6) is 1.89. The number of hydrogen-bond acceptors (Lipinski definition) is 5. The van der Waals surface area contributed by atoms with Crippen LogP contribution in [0.2, 0.25) is 0 Å². The molecule has 0 radical (unpaired) electrons. The second-order valence-electron chi connectivity index (χ2n) is 5.11. The highest BCUT2D eigenvalue weighted by molar-refractivity contribution is 7.99. The van der Waals surface area contributed by atoms with Gasteiger partial charge in [0.1, 0.15) is 5.78 Å². The average Bonchev–Trinajstić information content (AvgIpc) is 2.60. The second kappa shape index (κ2) is 7.67. The van der Waals surface area contributed by atoms with Crippen LogP contribution in [-0.4, -0.2) is 34.8 Å². The van der Waals surface area contributed by atoms with Gasteiger partial charge in [-0.1, -0.05) is 13.3 Å². The molecular weight excluding hydrogens is 246 g/mol. The molecule has 3 atom stereocenters. The van der Waals surface area contributed by atoms with Crippen molar-refractivity contribution >= 4 is 23.5 Å². The molecule has 0 aliphatic carbocycles. The van der Waals surface area contributed by atoms with Gasteiger partial charge in [-0.05, 0) is 26.7 Å². The fourth-order valence-electron chi connectivity index (χ4n) is 1.99. The maximum Gasteiger partial charge on any atom is 0.189 e. The Balaban J connectivity index is 2.10. The van der Waals surface area contributed by atoms with Gasteiger partial charge in [0.2, 0.25) is 0 Å². The van der Waals surface area contributed by atoms with E-state index in [4.69, 9.17) is 5.73 Å². The molecule has 0 aromatic heterocycles. The Hall–Kier alpha value is -0.710. The summed E-state index contributed by atoms with van der Waals surface area (Å²) in [5, 5.41) is 3.76. The van der Waals surface area contributed by atoms with E-state index >= 15 is 0 Å². The molecule has 1 aliphatic heterocycles. The highest BCUT2D eigenvalue weighted by Gasteiger charge is 2.23. The first kappa shape index (κ1) is 15.3. The lowest BCUT2D eigenvalue weighted by Gasteiger charge is -2.16. The number of thioether (sulfide) groups is 1. The fraction of sp³-hybridized carbons (Fsp3) is 0.846. The first-order chi connectivity index (χ1) is 8.49. The summed E-state index contributed by atoms with van der Waals surface area (Å²) in [6, 6.07) is 0.650. The summed E-state index contributed by atoms with van der Waals surface area (Å²) in [4.78, 5) is 15.2. The Labute approximate surface area is 114 Å². The molecule has 0 saturated heterocycles. The van der Waals surface area contributed by atoms with Crippen molar-refractivity contribution in [2.24, 2.45) is 10.7 Å². The van der Waals surface area contributed by atoms with Crippen molar-refractivity contribution < 1.29 is 4.79 Å². The number of aliphatic imine (C=N–C) groups is 1. The molecule has 0 bridgehead atoms. The van der Waals surface area contributed by atoms with E-state index in [2.05, 4.69) is 24.2 Å². The molecule has 104 valence electrons. The lowest BCUT2D eigenvalue weighted by atomic mass is 10.1. The number of nitrogens with zero attached hydrogens (tertiary/aromatic N) is 1. The molecule has 1 aliphatic rings. The minimum absolute atomic E-state index is 0.297. The highest BCUT2D eigenvalue weighted by Crippen LogP contribution is 2.21. The van der Waals surface area contributed by atoms with Crippen molar-refractivity contribution in [3.05, 3.63) is 0 Å². The summed E-state index contributed by atoms with van der Waals surface area (Å²) in [7, 11) is 0. The number of unbranched alkanes of at least 4 members (excludes halogenated alkanes) is 1. The van der Waals surface area contributed by atoms with Crippen LogP contribution in [0.1, 0.15) is 46.5 Å². The topological polar surface area (TPSA) is 67.5 Å². The normalized spacial score (nSPS) is 24.5. The van der Waals surface area contributed by atoms with E-state index in [1.807, 2.05) is 11.8 Å². The third-order valence-electron chi connectivity index (χ3n) is 3.20. The van der Waals surface area contributed by atoms with E-state index in [0.717, 1.165) is 25.0 Å². The molecule has 0 fully saturated rings. The van der Waals surface area contributed by atoms with Gasteiger partial charge in [-0.25, -0.2) is 4.99 Å². The van der Waals surface area contributed by atoms with E-state index in [1.165, 1.54) is 6.42 Å². The molecule has 0 saturated carbocycles. The van der Waals surface area contributed by atoms with E-state index < -0.39 is 0 Å².